The van der Waals surface area contributed by atoms with Gasteiger partial charge in [-0.15, -0.1) is 0 Å². The minimum absolute atomic E-state index is 0.0153. The molecule has 1 rings (SSSR count). The smallest absolute Gasteiger partial charge is 0.365 e. The highest BCUT2D eigenvalue weighted by molar-refractivity contribution is 9.08. The first-order valence-corrected chi connectivity index (χ1v) is 4.87. The highest BCUT2D eigenvalue weighted by Gasteiger charge is 2.24. The maximum absolute atomic E-state index is 12.5. The van der Waals surface area contributed by atoms with Gasteiger partial charge in [0.05, 0.1) is 22.6 Å². The van der Waals surface area contributed by atoms with E-state index in [9.17, 15) is 18.9 Å². The number of nitrogens with zero attached hydrogens (tertiary/aromatic N) is 2. The van der Waals surface area contributed by atoms with Gasteiger partial charge in [-0.2, -0.15) is 0 Å². The van der Waals surface area contributed by atoms with E-state index in [0.717, 1.165) is 6.07 Å². The molecule has 2 N–H and O–H groups in total. The fourth-order valence-corrected chi connectivity index (χ4v) is 1.49. The fraction of sp³-hybridized carbons (Fsp3) is 0.286. The molecule has 0 aliphatic carbocycles. The van der Waals surface area contributed by atoms with Crippen molar-refractivity contribution in [3.63, 3.8) is 0 Å². The molecule has 0 unspecified atom stereocenters. The Morgan fingerprint density at radius 3 is 2.67 bits per heavy atom. The topological polar surface area (TPSA) is 82.0 Å². The fourth-order valence-electron chi connectivity index (χ4n) is 1.06. The molecular formula is C7H6BrF2N3O2. The summed E-state index contributed by atoms with van der Waals surface area (Å²) in [6.07, 6.45) is -2.80. The van der Waals surface area contributed by atoms with Crippen LogP contribution in [-0.4, -0.2) is 9.91 Å². The van der Waals surface area contributed by atoms with Crippen LogP contribution < -0.4 is 5.73 Å². The second kappa shape index (κ2) is 4.47. The zero-order chi connectivity index (χ0) is 11.6. The van der Waals surface area contributed by atoms with Gasteiger partial charge in [0.15, 0.2) is 5.69 Å². The van der Waals surface area contributed by atoms with E-state index in [1.54, 1.807) is 0 Å². The van der Waals surface area contributed by atoms with Crippen LogP contribution in [0.1, 0.15) is 17.7 Å². The van der Waals surface area contributed by atoms with Crippen molar-refractivity contribution in [1.82, 2.24) is 4.98 Å². The van der Waals surface area contributed by atoms with Gasteiger partial charge >= 0.3 is 5.82 Å². The average Bonchev–Trinajstić information content (AvgIpc) is 2.15. The van der Waals surface area contributed by atoms with Gasteiger partial charge in [0.1, 0.15) is 0 Å². The van der Waals surface area contributed by atoms with Crippen LogP contribution in [0.4, 0.5) is 20.3 Å². The first-order valence-electron chi connectivity index (χ1n) is 3.75. The predicted molar refractivity (Wildman–Crippen MR) is 52.9 cm³/mol. The number of pyridine rings is 1. The summed E-state index contributed by atoms with van der Waals surface area (Å²) >= 11 is 2.92. The number of alkyl halides is 3. The summed E-state index contributed by atoms with van der Waals surface area (Å²) < 4.78 is 25.0. The average molecular weight is 282 g/mol. The molecule has 0 aliphatic heterocycles. The zero-order valence-electron chi connectivity index (χ0n) is 7.28. The maximum Gasteiger partial charge on any atom is 0.365 e. The van der Waals surface area contributed by atoms with E-state index < -0.39 is 22.7 Å². The number of halogens is 3. The van der Waals surface area contributed by atoms with E-state index in [1.165, 1.54) is 0 Å². The molecule has 0 aromatic carbocycles. The molecule has 0 amide bonds. The second-order valence-electron chi connectivity index (χ2n) is 2.62. The van der Waals surface area contributed by atoms with Crippen LogP contribution in [0.3, 0.4) is 0 Å². The number of rotatable bonds is 3. The molecular weight excluding hydrogens is 276 g/mol. The summed E-state index contributed by atoms with van der Waals surface area (Å²) in [4.78, 5) is 13.1. The van der Waals surface area contributed by atoms with Crippen LogP contribution in [-0.2, 0) is 5.33 Å². The third kappa shape index (κ3) is 2.38. The third-order valence-corrected chi connectivity index (χ3v) is 2.22. The summed E-state index contributed by atoms with van der Waals surface area (Å²) in [5, 5.41) is 10.4. The van der Waals surface area contributed by atoms with Crippen LogP contribution in [0.2, 0.25) is 0 Å². The normalized spacial score (nSPS) is 10.7. The van der Waals surface area contributed by atoms with Crippen LogP contribution in [0, 0.1) is 10.1 Å². The van der Waals surface area contributed by atoms with Crippen molar-refractivity contribution < 1.29 is 13.7 Å². The minimum atomic E-state index is -2.80. The summed E-state index contributed by atoms with van der Waals surface area (Å²) in [5.74, 6) is -0.536. The second-order valence-corrected chi connectivity index (χ2v) is 3.18. The van der Waals surface area contributed by atoms with Crippen molar-refractivity contribution in [3.8, 4) is 0 Å². The lowest BCUT2D eigenvalue weighted by Gasteiger charge is -2.05. The molecule has 1 heterocycles. The van der Waals surface area contributed by atoms with E-state index in [4.69, 9.17) is 5.73 Å². The van der Waals surface area contributed by atoms with Gasteiger partial charge in [-0.05, 0) is 9.91 Å². The van der Waals surface area contributed by atoms with Gasteiger partial charge in [-0.25, -0.2) is 8.78 Å². The number of nitro groups is 1. The number of anilines is 1. The number of nitrogens with two attached hydrogens (primary N) is 1. The largest absolute Gasteiger partial charge is 0.398 e. The molecule has 0 bridgehead atoms. The minimum Gasteiger partial charge on any atom is -0.398 e. The van der Waals surface area contributed by atoms with Crippen molar-refractivity contribution in [1.29, 1.82) is 0 Å². The maximum atomic E-state index is 12.5. The van der Waals surface area contributed by atoms with Gasteiger partial charge in [0.25, 0.3) is 6.43 Å². The molecule has 0 saturated carbocycles. The molecule has 0 spiro atoms. The molecule has 0 atom stereocenters. The molecule has 82 valence electrons. The molecule has 8 heteroatoms. The Kier molecular flexibility index (Phi) is 3.51. The van der Waals surface area contributed by atoms with Gasteiger partial charge in [0, 0.05) is 0 Å². The first kappa shape index (κ1) is 11.8. The highest BCUT2D eigenvalue weighted by Crippen LogP contribution is 2.31. The molecule has 1 aromatic rings. The van der Waals surface area contributed by atoms with Gasteiger partial charge < -0.3 is 15.8 Å². The Labute approximate surface area is 91.6 Å². The van der Waals surface area contributed by atoms with Crippen molar-refractivity contribution in [2.45, 2.75) is 11.8 Å². The summed E-state index contributed by atoms with van der Waals surface area (Å²) in [5.41, 5.74) is 4.40. The number of hydrogen-bond acceptors (Lipinski definition) is 4. The molecule has 5 nitrogen and oxygen atoms in total. The molecule has 15 heavy (non-hydrogen) atoms. The lowest BCUT2D eigenvalue weighted by Crippen LogP contribution is -2.05. The van der Waals surface area contributed by atoms with Gasteiger partial charge in [-0.1, -0.05) is 15.9 Å². The lowest BCUT2D eigenvalue weighted by atomic mass is 10.1. The van der Waals surface area contributed by atoms with Gasteiger partial charge in [0.2, 0.25) is 0 Å². The Morgan fingerprint density at radius 2 is 2.27 bits per heavy atom. The first-order chi connectivity index (χ1) is 6.97. The van der Waals surface area contributed by atoms with Crippen LogP contribution >= 0.6 is 15.9 Å². The highest BCUT2D eigenvalue weighted by atomic mass is 79.9. The Morgan fingerprint density at radius 1 is 1.67 bits per heavy atom. The van der Waals surface area contributed by atoms with E-state index in [0.29, 0.717) is 0 Å². The van der Waals surface area contributed by atoms with Crippen LogP contribution in [0.5, 0.6) is 0 Å². The number of hydrogen-bond donors (Lipinski definition) is 1. The standard InChI is InChI=1S/C7H6BrF2N3O2/c8-2-4-6(7(9)10)3(11)1-5(12-4)13(14)15/h1,7H,2H2,(H2,11,12). The van der Waals surface area contributed by atoms with E-state index in [-0.39, 0.29) is 16.7 Å². The van der Waals surface area contributed by atoms with Crippen LogP contribution in [0.25, 0.3) is 0 Å². The molecule has 0 saturated heterocycles. The summed E-state index contributed by atoms with van der Waals surface area (Å²) in [6.45, 7) is 0. The van der Waals surface area contributed by atoms with E-state index in [2.05, 4.69) is 20.9 Å². The molecule has 0 fully saturated rings. The third-order valence-electron chi connectivity index (χ3n) is 1.69. The van der Waals surface area contributed by atoms with Crippen LogP contribution in [0.15, 0.2) is 6.07 Å². The number of aromatic nitrogens is 1. The van der Waals surface area contributed by atoms with E-state index in [1.807, 2.05) is 0 Å². The van der Waals surface area contributed by atoms with Crippen molar-refractivity contribution in [2.24, 2.45) is 0 Å². The molecule has 0 aliphatic rings. The van der Waals surface area contributed by atoms with Gasteiger partial charge in [-0.3, -0.25) is 0 Å². The lowest BCUT2D eigenvalue weighted by molar-refractivity contribution is -0.389. The summed E-state index contributed by atoms with van der Waals surface area (Å²) in [6, 6.07) is 0.827. The number of nitrogen functional groups attached to an aromatic ring is 1. The van der Waals surface area contributed by atoms with Crippen molar-refractivity contribution in [3.05, 3.63) is 27.4 Å². The quantitative estimate of drug-likeness (QED) is 0.524. The van der Waals surface area contributed by atoms with Crippen molar-refractivity contribution in [2.75, 3.05) is 5.73 Å². The summed E-state index contributed by atoms with van der Waals surface area (Å²) in [7, 11) is 0. The zero-order valence-corrected chi connectivity index (χ0v) is 8.87. The Balaban J connectivity index is 3.37. The van der Waals surface area contributed by atoms with Crippen molar-refractivity contribution >= 4 is 27.4 Å². The SMILES string of the molecule is Nc1cc([N+](=O)[O-])nc(CBr)c1C(F)F. The monoisotopic (exact) mass is 281 g/mol. The van der Waals surface area contributed by atoms with E-state index >= 15 is 0 Å². The molecule has 1 aromatic heterocycles. The Bertz CT molecular complexity index is 400. The predicted octanol–water partition coefficient (Wildman–Crippen LogP) is 2.40. The molecule has 0 radical (unpaired) electrons. The Hall–Kier alpha value is -1.31.